The minimum Gasteiger partial charge on any atom is -0.198 e. The third kappa shape index (κ3) is 2.02. The first-order valence-electron chi connectivity index (χ1n) is 4.20. The summed E-state index contributed by atoms with van der Waals surface area (Å²) >= 11 is 0. The van der Waals surface area contributed by atoms with Crippen molar-refractivity contribution in [2.24, 2.45) is 11.8 Å². The fourth-order valence-corrected chi connectivity index (χ4v) is 1.87. The van der Waals surface area contributed by atoms with Gasteiger partial charge in [0.25, 0.3) is 0 Å². The predicted octanol–water partition coefficient (Wildman–Crippen LogP) is 2.73. The molecule has 1 saturated carbocycles. The zero-order valence-electron chi connectivity index (χ0n) is 6.64. The Balaban J connectivity index is 2.27. The van der Waals surface area contributed by atoms with Crippen molar-refractivity contribution < 1.29 is 0 Å². The van der Waals surface area contributed by atoms with Crippen LogP contribution in [-0.4, -0.2) is 0 Å². The average molecular weight is 137 g/mol. The number of nitriles is 1. The molecule has 0 spiro atoms. The van der Waals surface area contributed by atoms with Gasteiger partial charge in [0.15, 0.2) is 0 Å². The lowest BCUT2D eigenvalue weighted by Crippen LogP contribution is -2.12. The van der Waals surface area contributed by atoms with Gasteiger partial charge in [0, 0.05) is 6.42 Å². The van der Waals surface area contributed by atoms with Crippen molar-refractivity contribution in [3.8, 4) is 6.07 Å². The van der Waals surface area contributed by atoms with Gasteiger partial charge in [-0.2, -0.15) is 5.26 Å². The predicted molar refractivity (Wildman–Crippen MR) is 41.4 cm³/mol. The van der Waals surface area contributed by atoms with E-state index in [1.165, 1.54) is 25.7 Å². The van der Waals surface area contributed by atoms with Crippen molar-refractivity contribution in [2.45, 2.75) is 39.0 Å². The molecule has 0 aromatic carbocycles. The van der Waals surface area contributed by atoms with Crippen LogP contribution < -0.4 is 0 Å². The van der Waals surface area contributed by atoms with Gasteiger partial charge in [-0.25, -0.2) is 0 Å². The third-order valence-corrected chi connectivity index (χ3v) is 2.42. The molecule has 0 aliphatic heterocycles. The van der Waals surface area contributed by atoms with E-state index in [2.05, 4.69) is 13.0 Å². The molecule has 0 saturated heterocycles. The van der Waals surface area contributed by atoms with Gasteiger partial charge in [-0.15, -0.1) is 0 Å². The molecule has 0 heterocycles. The minimum atomic E-state index is 0.716. The van der Waals surface area contributed by atoms with Gasteiger partial charge in [0.2, 0.25) is 0 Å². The van der Waals surface area contributed by atoms with Gasteiger partial charge in [0.1, 0.15) is 0 Å². The first kappa shape index (κ1) is 7.60. The molecule has 0 bridgehead atoms. The number of nitrogens with zero attached hydrogens (tertiary/aromatic N) is 1. The highest BCUT2D eigenvalue weighted by molar-refractivity contribution is 4.79. The van der Waals surface area contributed by atoms with Crippen LogP contribution in [0.25, 0.3) is 0 Å². The van der Waals surface area contributed by atoms with E-state index < -0.39 is 0 Å². The number of hydrogen-bond donors (Lipinski definition) is 0. The third-order valence-electron chi connectivity index (χ3n) is 2.42. The summed E-state index contributed by atoms with van der Waals surface area (Å²) in [6.07, 6.45) is 6.07. The molecular weight excluding hydrogens is 122 g/mol. The molecule has 10 heavy (non-hydrogen) atoms. The maximum atomic E-state index is 8.45. The van der Waals surface area contributed by atoms with Crippen molar-refractivity contribution in [1.29, 1.82) is 5.26 Å². The smallest absolute Gasteiger partial charge is 0.0624 e. The Morgan fingerprint density at radius 3 is 2.90 bits per heavy atom. The molecule has 1 rings (SSSR count). The van der Waals surface area contributed by atoms with Crippen LogP contribution in [0.1, 0.15) is 39.0 Å². The van der Waals surface area contributed by atoms with E-state index in [4.69, 9.17) is 5.26 Å². The van der Waals surface area contributed by atoms with Gasteiger partial charge < -0.3 is 0 Å². The number of hydrogen-bond acceptors (Lipinski definition) is 1. The zero-order valence-corrected chi connectivity index (χ0v) is 6.64. The van der Waals surface area contributed by atoms with Gasteiger partial charge in [-0.05, 0) is 24.7 Å². The average Bonchev–Trinajstić information content (AvgIpc) is 1.88. The summed E-state index contributed by atoms with van der Waals surface area (Å²) in [6, 6.07) is 2.26. The topological polar surface area (TPSA) is 23.8 Å². The minimum absolute atomic E-state index is 0.716. The van der Waals surface area contributed by atoms with Crippen LogP contribution in [0.4, 0.5) is 0 Å². The summed E-state index contributed by atoms with van der Waals surface area (Å²) in [6.45, 7) is 2.30. The van der Waals surface area contributed by atoms with Crippen LogP contribution in [0.5, 0.6) is 0 Å². The van der Waals surface area contributed by atoms with Crippen LogP contribution in [0.2, 0.25) is 0 Å². The zero-order chi connectivity index (χ0) is 7.40. The second-order valence-electron chi connectivity index (χ2n) is 3.50. The monoisotopic (exact) mass is 137 g/mol. The maximum Gasteiger partial charge on any atom is 0.0624 e. The lowest BCUT2D eigenvalue weighted by molar-refractivity contribution is 0.286. The molecule has 1 nitrogen and oxygen atoms in total. The molecule has 2 unspecified atom stereocenters. The summed E-state index contributed by atoms with van der Waals surface area (Å²) in [4.78, 5) is 0. The largest absolute Gasteiger partial charge is 0.198 e. The van der Waals surface area contributed by atoms with Crippen molar-refractivity contribution in [1.82, 2.24) is 0 Å². The highest BCUT2D eigenvalue weighted by Crippen LogP contribution is 2.30. The molecule has 0 aromatic heterocycles. The summed E-state index contributed by atoms with van der Waals surface area (Å²) in [5.74, 6) is 1.58. The van der Waals surface area contributed by atoms with E-state index in [1.54, 1.807) is 0 Å². The Kier molecular flexibility index (Phi) is 2.74. The molecule has 1 aliphatic rings. The van der Waals surface area contributed by atoms with Crippen molar-refractivity contribution in [2.75, 3.05) is 0 Å². The molecule has 0 radical (unpaired) electrons. The quantitative estimate of drug-likeness (QED) is 0.545. The Bertz CT molecular complexity index is 134. The lowest BCUT2D eigenvalue weighted by Gasteiger charge is -2.24. The Morgan fingerprint density at radius 1 is 1.50 bits per heavy atom. The van der Waals surface area contributed by atoms with Crippen LogP contribution in [0.3, 0.4) is 0 Å². The summed E-state index contributed by atoms with van der Waals surface area (Å²) in [5.41, 5.74) is 0. The highest BCUT2D eigenvalue weighted by Gasteiger charge is 2.17. The Hall–Kier alpha value is -0.510. The van der Waals surface area contributed by atoms with E-state index in [0.29, 0.717) is 5.92 Å². The van der Waals surface area contributed by atoms with Crippen LogP contribution >= 0.6 is 0 Å². The SMILES string of the molecule is CC1CCCC(CC#N)C1. The van der Waals surface area contributed by atoms with E-state index in [-0.39, 0.29) is 0 Å². The van der Waals surface area contributed by atoms with Crippen LogP contribution in [-0.2, 0) is 0 Å². The summed E-state index contributed by atoms with van der Waals surface area (Å²) in [7, 11) is 0. The van der Waals surface area contributed by atoms with Crippen molar-refractivity contribution in [3.05, 3.63) is 0 Å². The second kappa shape index (κ2) is 3.61. The van der Waals surface area contributed by atoms with Crippen molar-refractivity contribution in [3.63, 3.8) is 0 Å². The molecule has 1 aliphatic carbocycles. The first-order valence-corrected chi connectivity index (χ1v) is 4.20. The van der Waals surface area contributed by atoms with Gasteiger partial charge in [0.05, 0.1) is 6.07 Å². The van der Waals surface area contributed by atoms with Crippen LogP contribution in [0, 0.1) is 23.2 Å². The summed E-state index contributed by atoms with van der Waals surface area (Å²) in [5, 5.41) is 8.45. The van der Waals surface area contributed by atoms with Crippen LogP contribution in [0.15, 0.2) is 0 Å². The number of rotatable bonds is 1. The van der Waals surface area contributed by atoms with E-state index in [1.807, 2.05) is 0 Å². The molecule has 0 amide bonds. The molecular formula is C9H15N. The van der Waals surface area contributed by atoms with Gasteiger partial charge in [-0.1, -0.05) is 19.8 Å². The standard InChI is InChI=1S/C9H15N/c1-8-3-2-4-9(7-8)5-6-10/h8-9H,2-5,7H2,1H3. The molecule has 0 aromatic rings. The fraction of sp³-hybridized carbons (Fsp3) is 0.889. The van der Waals surface area contributed by atoms with E-state index in [9.17, 15) is 0 Å². The second-order valence-corrected chi connectivity index (χ2v) is 3.50. The fourth-order valence-electron chi connectivity index (χ4n) is 1.87. The summed E-state index contributed by atoms with van der Waals surface area (Å²) < 4.78 is 0. The van der Waals surface area contributed by atoms with Gasteiger partial charge >= 0.3 is 0 Å². The molecule has 1 heteroatoms. The van der Waals surface area contributed by atoms with Crippen molar-refractivity contribution >= 4 is 0 Å². The normalized spacial score (nSPS) is 33.2. The molecule has 0 N–H and O–H groups in total. The molecule has 2 atom stereocenters. The lowest BCUT2D eigenvalue weighted by atomic mass is 9.81. The van der Waals surface area contributed by atoms with Gasteiger partial charge in [-0.3, -0.25) is 0 Å². The highest BCUT2D eigenvalue weighted by atomic mass is 14.3. The Labute approximate surface area is 63.0 Å². The molecule has 1 fully saturated rings. The Morgan fingerprint density at radius 2 is 2.30 bits per heavy atom. The van der Waals surface area contributed by atoms with E-state index >= 15 is 0 Å². The maximum absolute atomic E-state index is 8.45. The molecule has 56 valence electrons. The van der Waals surface area contributed by atoms with E-state index in [0.717, 1.165) is 12.3 Å². The first-order chi connectivity index (χ1) is 4.83.